The molecule has 4 N–H and O–H groups in total. The Morgan fingerprint density at radius 1 is 1.26 bits per heavy atom. The first kappa shape index (κ1) is 27.5. The Kier molecular flexibility index (Phi) is 7.39. The molecule has 1 aromatic carbocycles. The number of carbonyl (C=O) groups excluding carboxylic acids is 2. The highest BCUT2D eigenvalue weighted by molar-refractivity contribution is 8.01. The molecular formula is C22H16FN11O5S3. The summed E-state index contributed by atoms with van der Waals surface area (Å²) in [7, 11) is 0. The fourth-order valence-corrected chi connectivity index (χ4v) is 6.75. The number of carboxylic acid groups (broad SMARTS) is 1. The number of hydrogen-bond donors (Lipinski definition) is 3. The third kappa shape index (κ3) is 5.33. The van der Waals surface area contributed by atoms with Gasteiger partial charge in [-0.1, -0.05) is 5.16 Å². The number of aliphatic carboxylic acids is 1. The summed E-state index contributed by atoms with van der Waals surface area (Å²) in [5.74, 6) is -2.69. The number of amides is 2. The van der Waals surface area contributed by atoms with Gasteiger partial charge in [0.15, 0.2) is 16.5 Å². The van der Waals surface area contributed by atoms with E-state index >= 15 is 0 Å². The van der Waals surface area contributed by atoms with Crippen molar-refractivity contribution in [3.05, 3.63) is 59.3 Å². The van der Waals surface area contributed by atoms with E-state index in [1.54, 1.807) is 12.1 Å². The number of tetrazole rings is 1. The predicted octanol–water partition coefficient (Wildman–Crippen LogP) is 0.406. The van der Waals surface area contributed by atoms with E-state index in [0.29, 0.717) is 22.0 Å². The highest BCUT2D eigenvalue weighted by atomic mass is 32.2. The summed E-state index contributed by atoms with van der Waals surface area (Å²) < 4.78 is 18.5. The zero-order valence-electron chi connectivity index (χ0n) is 20.8. The van der Waals surface area contributed by atoms with Crippen molar-refractivity contribution in [2.24, 2.45) is 5.16 Å². The molecule has 0 bridgehead atoms. The molecule has 0 radical (unpaired) electrons. The lowest BCUT2D eigenvalue weighted by Crippen LogP contribution is -2.71. The second-order valence-electron chi connectivity index (χ2n) is 8.55. The van der Waals surface area contributed by atoms with Gasteiger partial charge in [-0.15, -0.1) is 38.4 Å². The molecule has 2 atom stereocenters. The van der Waals surface area contributed by atoms with Crippen LogP contribution in [0.4, 0.5) is 9.52 Å². The fourth-order valence-electron chi connectivity index (χ4n) is 3.98. The number of anilines is 1. The van der Waals surface area contributed by atoms with Crippen LogP contribution in [0, 0.1) is 5.82 Å². The number of nitrogens with two attached hydrogens (primary N) is 1. The van der Waals surface area contributed by atoms with Crippen LogP contribution in [0.3, 0.4) is 0 Å². The minimum Gasteiger partial charge on any atom is -0.477 e. The molecule has 1 unspecified atom stereocenters. The standard InChI is InChI=1S/C22H16FN11O5S3/c23-10-1-3-11(4-2-10)39-29-14(17-26-22(24)42-30-17)18(35)25-15-19(36)33-16(21(37)38)9(8-41-20(15)33)7-40-13-6-5-12-27-31-32-34(12)28-13/h1-6,15,20H,7-8H2,(H,25,35)(H,37,38)(H2,24,26,30)/b29-14-/t15?,20-/m1/s1. The van der Waals surface area contributed by atoms with Crippen molar-refractivity contribution in [1.82, 2.24) is 44.8 Å². The second-order valence-corrected chi connectivity index (χ2v) is 11.4. The van der Waals surface area contributed by atoms with Gasteiger partial charge in [-0.2, -0.15) is 9.36 Å². The van der Waals surface area contributed by atoms with E-state index in [1.165, 1.54) is 40.3 Å². The van der Waals surface area contributed by atoms with E-state index in [0.717, 1.165) is 28.6 Å². The van der Waals surface area contributed by atoms with Crippen LogP contribution in [-0.2, 0) is 14.4 Å². The fraction of sp³-hybridized carbons (Fsp3) is 0.182. The number of oxime groups is 1. The Labute approximate surface area is 246 Å². The van der Waals surface area contributed by atoms with Gasteiger partial charge in [-0.3, -0.25) is 14.5 Å². The molecule has 1 saturated heterocycles. The van der Waals surface area contributed by atoms with E-state index in [9.17, 15) is 23.9 Å². The molecule has 4 aromatic rings. The number of nitrogen functional groups attached to an aromatic ring is 1. The summed E-state index contributed by atoms with van der Waals surface area (Å²) in [4.78, 5) is 49.0. The highest BCUT2D eigenvalue weighted by Gasteiger charge is 2.54. The number of nitrogens with one attached hydrogen (secondary N) is 1. The zero-order valence-corrected chi connectivity index (χ0v) is 23.3. The van der Waals surface area contributed by atoms with Crippen molar-refractivity contribution in [2.75, 3.05) is 17.2 Å². The minimum absolute atomic E-state index is 0.0655. The lowest BCUT2D eigenvalue weighted by molar-refractivity contribution is -0.150. The molecule has 2 aliphatic rings. The van der Waals surface area contributed by atoms with E-state index < -0.39 is 35.0 Å². The first-order chi connectivity index (χ1) is 20.3. The van der Waals surface area contributed by atoms with Crippen LogP contribution in [0.25, 0.3) is 5.65 Å². The van der Waals surface area contributed by atoms with Gasteiger partial charge in [0.1, 0.15) is 28.0 Å². The van der Waals surface area contributed by atoms with Crippen molar-refractivity contribution in [3.63, 3.8) is 0 Å². The van der Waals surface area contributed by atoms with Crippen molar-refractivity contribution in [2.45, 2.75) is 16.4 Å². The number of thioether (sulfide) groups is 2. The number of carbonyl (C=O) groups is 3. The Bertz CT molecular complexity index is 1780. The van der Waals surface area contributed by atoms with Crippen LogP contribution in [0.1, 0.15) is 5.82 Å². The van der Waals surface area contributed by atoms with Crippen LogP contribution in [0.5, 0.6) is 5.75 Å². The van der Waals surface area contributed by atoms with Crippen molar-refractivity contribution >= 4 is 69.3 Å². The van der Waals surface area contributed by atoms with Crippen molar-refractivity contribution < 1.29 is 28.7 Å². The highest BCUT2D eigenvalue weighted by Crippen LogP contribution is 2.41. The maximum Gasteiger partial charge on any atom is 0.352 e. The van der Waals surface area contributed by atoms with E-state index in [2.05, 4.69) is 40.5 Å². The van der Waals surface area contributed by atoms with E-state index in [1.807, 2.05) is 0 Å². The molecule has 1 fully saturated rings. The topological polar surface area (TPSA) is 216 Å². The van der Waals surface area contributed by atoms with Gasteiger partial charge in [0, 0.05) is 23.0 Å². The molecule has 20 heteroatoms. The van der Waals surface area contributed by atoms with Crippen molar-refractivity contribution in [1.29, 1.82) is 0 Å². The maximum atomic E-state index is 13.2. The molecule has 214 valence electrons. The monoisotopic (exact) mass is 629 g/mol. The van der Waals surface area contributed by atoms with Gasteiger partial charge in [0.2, 0.25) is 11.5 Å². The Balaban J connectivity index is 1.18. The largest absolute Gasteiger partial charge is 0.477 e. The van der Waals surface area contributed by atoms with Crippen LogP contribution < -0.4 is 15.9 Å². The number of hydrogen-bond acceptors (Lipinski definition) is 15. The molecule has 42 heavy (non-hydrogen) atoms. The van der Waals surface area contributed by atoms with Crippen LogP contribution >= 0.6 is 35.1 Å². The first-order valence-corrected chi connectivity index (χ1v) is 14.6. The number of carboxylic acids is 1. The molecular weight excluding hydrogens is 614 g/mol. The van der Waals surface area contributed by atoms with Gasteiger partial charge in [0.05, 0.1) is 0 Å². The maximum absolute atomic E-state index is 13.2. The summed E-state index contributed by atoms with van der Waals surface area (Å²) in [6.45, 7) is 0. The number of benzene rings is 1. The number of rotatable bonds is 9. The van der Waals surface area contributed by atoms with Gasteiger partial charge < -0.3 is 21.0 Å². The molecule has 6 rings (SSSR count). The molecule has 2 aliphatic heterocycles. The number of β-lactam (4-membered cyclic amide) rings is 1. The SMILES string of the molecule is Nc1nc(/C(=N/Oc2ccc(F)cc2)C(=O)NC2C(=O)N3C(C(=O)O)=C(CSc4ccc5nnnn5n4)CS[C@H]23)ns1. The summed E-state index contributed by atoms with van der Waals surface area (Å²) in [5.41, 5.74) is 6.12. The predicted molar refractivity (Wildman–Crippen MR) is 147 cm³/mol. The average Bonchev–Trinajstić information content (AvgIpc) is 3.63. The van der Waals surface area contributed by atoms with E-state index in [-0.39, 0.29) is 33.9 Å². The zero-order chi connectivity index (χ0) is 29.4. The lowest BCUT2D eigenvalue weighted by atomic mass is 10.0. The third-order valence-electron chi connectivity index (χ3n) is 5.90. The molecule has 2 amide bonds. The van der Waals surface area contributed by atoms with Crippen LogP contribution in [0.15, 0.2) is 57.9 Å². The quantitative estimate of drug-likeness (QED) is 0.0989. The smallest absolute Gasteiger partial charge is 0.352 e. The molecule has 3 aromatic heterocycles. The lowest BCUT2D eigenvalue weighted by Gasteiger charge is -2.49. The molecule has 5 heterocycles. The Hall–Kier alpha value is -4.69. The Morgan fingerprint density at radius 3 is 2.81 bits per heavy atom. The number of nitrogens with zero attached hydrogens (tertiary/aromatic N) is 9. The Morgan fingerprint density at radius 2 is 2.07 bits per heavy atom. The van der Waals surface area contributed by atoms with Crippen LogP contribution in [-0.4, -0.2) is 91.0 Å². The summed E-state index contributed by atoms with van der Waals surface area (Å²) >= 11 is 3.39. The molecule has 16 nitrogen and oxygen atoms in total. The minimum atomic E-state index is -1.27. The summed E-state index contributed by atoms with van der Waals surface area (Å²) in [6.07, 6.45) is 0. The summed E-state index contributed by atoms with van der Waals surface area (Å²) in [6, 6.07) is 7.24. The third-order valence-corrected chi connectivity index (χ3v) is 8.79. The van der Waals surface area contributed by atoms with Gasteiger partial charge in [-0.25, -0.2) is 9.18 Å². The number of aromatic nitrogens is 7. The summed E-state index contributed by atoms with van der Waals surface area (Å²) in [5, 5.41) is 31.6. The number of fused-ring (bicyclic) bond motifs is 2. The average molecular weight is 630 g/mol. The van der Waals surface area contributed by atoms with Gasteiger partial charge in [0.25, 0.3) is 11.8 Å². The van der Waals surface area contributed by atoms with E-state index in [4.69, 9.17) is 10.6 Å². The second kappa shape index (κ2) is 11.3. The molecule has 0 aliphatic carbocycles. The normalized spacial score (nSPS) is 18.5. The van der Waals surface area contributed by atoms with Crippen molar-refractivity contribution in [3.8, 4) is 5.75 Å². The number of halogens is 1. The van der Waals surface area contributed by atoms with Crippen LogP contribution in [0.2, 0.25) is 0 Å². The first-order valence-electron chi connectivity index (χ1n) is 11.8. The molecule has 0 spiro atoms. The van der Waals surface area contributed by atoms with Gasteiger partial charge in [-0.05, 0) is 52.4 Å². The molecule has 0 saturated carbocycles. The van der Waals surface area contributed by atoms with Gasteiger partial charge >= 0.3 is 5.97 Å².